The van der Waals surface area contributed by atoms with Crippen LogP contribution in [0, 0.1) is 11.3 Å². The van der Waals surface area contributed by atoms with E-state index in [-0.39, 0.29) is 5.91 Å². The van der Waals surface area contributed by atoms with Crippen molar-refractivity contribution in [1.82, 2.24) is 5.32 Å². The summed E-state index contributed by atoms with van der Waals surface area (Å²) in [5.41, 5.74) is 4.42. The molecule has 0 spiro atoms. The van der Waals surface area contributed by atoms with Crippen molar-refractivity contribution >= 4 is 11.6 Å². The van der Waals surface area contributed by atoms with Crippen LogP contribution in [0.3, 0.4) is 0 Å². The van der Waals surface area contributed by atoms with Crippen molar-refractivity contribution in [3.63, 3.8) is 0 Å². The molecule has 0 aromatic heterocycles. The van der Waals surface area contributed by atoms with Gasteiger partial charge in [-0.1, -0.05) is 6.07 Å². The highest BCUT2D eigenvalue weighted by molar-refractivity contribution is 6.04. The first-order valence-electron chi connectivity index (χ1n) is 6.90. The molecule has 0 saturated heterocycles. The second kappa shape index (κ2) is 5.78. The number of benzene rings is 2. The van der Waals surface area contributed by atoms with Gasteiger partial charge in [0.15, 0.2) is 0 Å². The van der Waals surface area contributed by atoms with Crippen LogP contribution in [-0.2, 0) is 13.0 Å². The quantitative estimate of drug-likeness (QED) is 0.886. The number of anilines is 1. The molecule has 104 valence electrons. The van der Waals surface area contributed by atoms with E-state index in [4.69, 9.17) is 5.26 Å². The number of fused-ring (bicyclic) bond motifs is 1. The Labute approximate surface area is 123 Å². The van der Waals surface area contributed by atoms with Gasteiger partial charge in [-0.25, -0.2) is 0 Å². The Morgan fingerprint density at radius 2 is 1.95 bits per heavy atom. The van der Waals surface area contributed by atoms with E-state index < -0.39 is 0 Å². The molecule has 2 aromatic carbocycles. The molecule has 0 unspecified atom stereocenters. The smallest absolute Gasteiger partial charge is 0.255 e. The number of rotatable bonds is 2. The summed E-state index contributed by atoms with van der Waals surface area (Å²) in [5.74, 6) is -0.131. The van der Waals surface area contributed by atoms with Gasteiger partial charge in [-0.3, -0.25) is 4.79 Å². The van der Waals surface area contributed by atoms with Crippen LogP contribution in [0.2, 0.25) is 0 Å². The maximum absolute atomic E-state index is 12.3. The van der Waals surface area contributed by atoms with Crippen molar-refractivity contribution in [3.05, 3.63) is 64.7 Å². The van der Waals surface area contributed by atoms with E-state index in [0.29, 0.717) is 16.8 Å². The third-order valence-corrected chi connectivity index (χ3v) is 3.63. The Bertz CT molecular complexity index is 714. The Kier molecular flexibility index (Phi) is 3.67. The van der Waals surface area contributed by atoms with Crippen molar-refractivity contribution in [2.75, 3.05) is 11.9 Å². The fourth-order valence-corrected chi connectivity index (χ4v) is 2.45. The second-order valence-electron chi connectivity index (χ2n) is 5.05. The summed E-state index contributed by atoms with van der Waals surface area (Å²) in [6.45, 7) is 1.80. The number of nitriles is 1. The van der Waals surface area contributed by atoms with E-state index in [9.17, 15) is 4.79 Å². The molecule has 0 atom stereocenters. The third-order valence-electron chi connectivity index (χ3n) is 3.63. The lowest BCUT2D eigenvalue weighted by molar-refractivity contribution is 0.102. The molecule has 4 heteroatoms. The highest BCUT2D eigenvalue weighted by Gasteiger charge is 2.12. The lowest BCUT2D eigenvalue weighted by Crippen LogP contribution is -2.24. The number of carbonyl (C=O) groups excluding carboxylic acids is 1. The number of hydrogen-bond acceptors (Lipinski definition) is 3. The zero-order valence-corrected chi connectivity index (χ0v) is 11.5. The average molecular weight is 277 g/mol. The Hall–Kier alpha value is -2.64. The molecule has 0 saturated carbocycles. The van der Waals surface area contributed by atoms with Gasteiger partial charge in [-0.15, -0.1) is 0 Å². The molecule has 0 aliphatic carbocycles. The van der Waals surface area contributed by atoms with Gasteiger partial charge in [0.2, 0.25) is 0 Å². The summed E-state index contributed by atoms with van der Waals surface area (Å²) in [7, 11) is 0. The van der Waals surface area contributed by atoms with Crippen LogP contribution < -0.4 is 10.6 Å². The Balaban J connectivity index is 1.77. The molecule has 1 amide bonds. The monoisotopic (exact) mass is 277 g/mol. The van der Waals surface area contributed by atoms with Crippen LogP contribution in [0.15, 0.2) is 42.5 Å². The minimum Gasteiger partial charge on any atom is -0.322 e. The molecule has 0 radical (unpaired) electrons. The zero-order valence-electron chi connectivity index (χ0n) is 11.5. The van der Waals surface area contributed by atoms with Crippen molar-refractivity contribution in [3.8, 4) is 6.07 Å². The molecular formula is C17H15N3O. The predicted molar refractivity (Wildman–Crippen MR) is 81.0 cm³/mol. The summed E-state index contributed by atoms with van der Waals surface area (Å²) in [6, 6.07) is 14.7. The third kappa shape index (κ3) is 2.93. The molecule has 0 fully saturated rings. The minimum absolute atomic E-state index is 0.131. The Morgan fingerprint density at radius 3 is 2.71 bits per heavy atom. The van der Waals surface area contributed by atoms with Gasteiger partial charge in [0.1, 0.15) is 0 Å². The molecule has 1 aliphatic heterocycles. The fourth-order valence-electron chi connectivity index (χ4n) is 2.45. The summed E-state index contributed by atoms with van der Waals surface area (Å²) < 4.78 is 0. The minimum atomic E-state index is -0.131. The molecule has 3 rings (SSSR count). The average Bonchev–Trinajstić information content (AvgIpc) is 2.55. The van der Waals surface area contributed by atoms with E-state index in [1.807, 2.05) is 18.2 Å². The highest BCUT2D eigenvalue weighted by atomic mass is 16.1. The standard InChI is InChI=1S/C17H15N3O/c18-10-12-1-5-16(6-2-12)20-17(21)14-4-3-13-7-8-19-11-15(13)9-14/h1-6,9,19H,7-8,11H2,(H,20,21). The maximum atomic E-state index is 12.3. The first kappa shape index (κ1) is 13.3. The SMILES string of the molecule is N#Cc1ccc(NC(=O)c2ccc3c(c2)CNCC3)cc1. The van der Waals surface area contributed by atoms with Crippen LogP contribution >= 0.6 is 0 Å². The molecule has 4 nitrogen and oxygen atoms in total. The first-order chi connectivity index (χ1) is 10.3. The van der Waals surface area contributed by atoms with E-state index >= 15 is 0 Å². The topological polar surface area (TPSA) is 64.9 Å². The van der Waals surface area contributed by atoms with Gasteiger partial charge in [-0.2, -0.15) is 5.26 Å². The van der Waals surface area contributed by atoms with E-state index in [2.05, 4.69) is 16.7 Å². The molecule has 1 aliphatic rings. The van der Waals surface area contributed by atoms with E-state index in [1.54, 1.807) is 24.3 Å². The van der Waals surface area contributed by atoms with Crippen LogP contribution in [0.25, 0.3) is 0 Å². The molecule has 21 heavy (non-hydrogen) atoms. The van der Waals surface area contributed by atoms with Crippen LogP contribution in [0.5, 0.6) is 0 Å². The number of carbonyl (C=O) groups is 1. The predicted octanol–water partition coefficient (Wildman–Crippen LogP) is 2.46. The van der Waals surface area contributed by atoms with Gasteiger partial charge in [0, 0.05) is 17.8 Å². The second-order valence-corrected chi connectivity index (χ2v) is 5.05. The molecular weight excluding hydrogens is 262 g/mol. The number of hydrogen-bond donors (Lipinski definition) is 2. The maximum Gasteiger partial charge on any atom is 0.255 e. The van der Waals surface area contributed by atoms with E-state index in [0.717, 1.165) is 19.5 Å². The van der Waals surface area contributed by atoms with Crippen LogP contribution in [0.4, 0.5) is 5.69 Å². The van der Waals surface area contributed by atoms with Crippen LogP contribution in [-0.4, -0.2) is 12.5 Å². The summed E-state index contributed by atoms with van der Waals surface area (Å²) >= 11 is 0. The van der Waals surface area contributed by atoms with E-state index in [1.165, 1.54) is 11.1 Å². The normalized spacial score (nSPS) is 13.1. The van der Waals surface area contributed by atoms with Gasteiger partial charge in [0.25, 0.3) is 5.91 Å². The van der Waals surface area contributed by atoms with Crippen molar-refractivity contribution in [2.24, 2.45) is 0 Å². The van der Waals surface area contributed by atoms with Crippen LogP contribution in [0.1, 0.15) is 27.0 Å². The number of amides is 1. The van der Waals surface area contributed by atoms with Gasteiger partial charge >= 0.3 is 0 Å². The molecule has 2 aromatic rings. The Morgan fingerprint density at radius 1 is 1.14 bits per heavy atom. The highest BCUT2D eigenvalue weighted by Crippen LogP contribution is 2.17. The lowest BCUT2D eigenvalue weighted by atomic mass is 9.98. The fraction of sp³-hybridized carbons (Fsp3) is 0.176. The lowest BCUT2D eigenvalue weighted by Gasteiger charge is -2.17. The molecule has 2 N–H and O–H groups in total. The first-order valence-corrected chi connectivity index (χ1v) is 6.90. The molecule has 0 bridgehead atoms. The summed E-state index contributed by atoms with van der Waals surface area (Å²) in [5, 5.41) is 14.9. The van der Waals surface area contributed by atoms with Crippen molar-refractivity contribution in [1.29, 1.82) is 5.26 Å². The summed E-state index contributed by atoms with van der Waals surface area (Å²) in [4.78, 5) is 12.3. The zero-order chi connectivity index (χ0) is 14.7. The van der Waals surface area contributed by atoms with Gasteiger partial charge in [0.05, 0.1) is 11.6 Å². The largest absolute Gasteiger partial charge is 0.322 e. The summed E-state index contributed by atoms with van der Waals surface area (Å²) in [6.07, 6.45) is 1.01. The molecule has 1 heterocycles. The van der Waals surface area contributed by atoms with Gasteiger partial charge < -0.3 is 10.6 Å². The number of nitrogens with one attached hydrogen (secondary N) is 2. The van der Waals surface area contributed by atoms with Gasteiger partial charge in [-0.05, 0) is 60.5 Å². The van der Waals surface area contributed by atoms with Crippen molar-refractivity contribution in [2.45, 2.75) is 13.0 Å². The van der Waals surface area contributed by atoms with Crippen molar-refractivity contribution < 1.29 is 4.79 Å². The number of nitrogens with zero attached hydrogens (tertiary/aromatic N) is 1.